The molecule has 2 aromatic carbocycles. The first-order valence-electron chi connectivity index (χ1n) is 6.68. The van der Waals surface area contributed by atoms with Crippen molar-refractivity contribution >= 4 is 11.6 Å². The zero-order valence-corrected chi connectivity index (χ0v) is 12.6. The molecule has 0 atom stereocenters. The highest BCUT2D eigenvalue weighted by Crippen LogP contribution is 2.28. The summed E-state index contributed by atoms with van der Waals surface area (Å²) in [7, 11) is 1.68. The number of halogens is 1. The SMILES string of the molecule is COc1ccc(-c2ccc(OCCCCl)cc2)c(C)c1. The molecule has 0 radical (unpaired) electrons. The Morgan fingerprint density at radius 3 is 2.30 bits per heavy atom. The third-order valence-electron chi connectivity index (χ3n) is 3.15. The maximum Gasteiger partial charge on any atom is 0.119 e. The molecule has 0 saturated heterocycles. The smallest absolute Gasteiger partial charge is 0.119 e. The molecule has 0 unspecified atom stereocenters. The summed E-state index contributed by atoms with van der Waals surface area (Å²) in [5.74, 6) is 2.39. The van der Waals surface area contributed by atoms with Gasteiger partial charge in [-0.1, -0.05) is 18.2 Å². The number of methoxy groups -OCH3 is 1. The van der Waals surface area contributed by atoms with Gasteiger partial charge in [0, 0.05) is 5.88 Å². The van der Waals surface area contributed by atoms with Gasteiger partial charge in [0.1, 0.15) is 11.5 Å². The Morgan fingerprint density at radius 1 is 1.00 bits per heavy atom. The van der Waals surface area contributed by atoms with E-state index in [9.17, 15) is 0 Å². The van der Waals surface area contributed by atoms with Crippen LogP contribution >= 0.6 is 11.6 Å². The standard InChI is InChI=1S/C17H19ClO2/c1-13-12-16(19-2)8-9-17(13)14-4-6-15(7-5-14)20-11-3-10-18/h4-9,12H,3,10-11H2,1-2H3. The lowest BCUT2D eigenvalue weighted by atomic mass is 10.0. The zero-order chi connectivity index (χ0) is 14.4. The highest BCUT2D eigenvalue weighted by atomic mass is 35.5. The van der Waals surface area contributed by atoms with E-state index in [-0.39, 0.29) is 0 Å². The molecule has 2 rings (SSSR count). The average molecular weight is 291 g/mol. The fraction of sp³-hybridized carbons (Fsp3) is 0.294. The molecule has 0 amide bonds. The third kappa shape index (κ3) is 3.67. The maximum atomic E-state index is 5.62. The highest BCUT2D eigenvalue weighted by molar-refractivity contribution is 6.17. The van der Waals surface area contributed by atoms with E-state index in [4.69, 9.17) is 21.1 Å². The summed E-state index contributed by atoms with van der Waals surface area (Å²) < 4.78 is 10.8. The molecular weight excluding hydrogens is 272 g/mol. The molecule has 0 fully saturated rings. The van der Waals surface area contributed by atoms with Crippen LogP contribution in [0.1, 0.15) is 12.0 Å². The molecule has 20 heavy (non-hydrogen) atoms. The minimum atomic E-state index is 0.628. The molecule has 0 bridgehead atoms. The van der Waals surface area contributed by atoms with Crippen molar-refractivity contribution in [1.82, 2.24) is 0 Å². The number of alkyl halides is 1. The van der Waals surface area contributed by atoms with Crippen molar-refractivity contribution in [1.29, 1.82) is 0 Å². The van der Waals surface area contributed by atoms with Gasteiger partial charge in [-0.15, -0.1) is 11.6 Å². The van der Waals surface area contributed by atoms with E-state index in [0.717, 1.165) is 17.9 Å². The second-order valence-corrected chi connectivity index (χ2v) is 4.97. The van der Waals surface area contributed by atoms with Crippen molar-refractivity contribution in [3.8, 4) is 22.6 Å². The van der Waals surface area contributed by atoms with Crippen molar-refractivity contribution in [2.75, 3.05) is 19.6 Å². The molecule has 0 aliphatic rings. The van der Waals surface area contributed by atoms with E-state index >= 15 is 0 Å². The van der Waals surface area contributed by atoms with E-state index < -0.39 is 0 Å². The number of aryl methyl sites for hydroxylation is 1. The predicted octanol–water partition coefficient (Wildman–Crippen LogP) is 4.68. The van der Waals surface area contributed by atoms with Crippen LogP contribution in [0.5, 0.6) is 11.5 Å². The Balaban J connectivity index is 2.13. The first-order valence-corrected chi connectivity index (χ1v) is 7.22. The van der Waals surface area contributed by atoms with E-state index in [1.165, 1.54) is 16.7 Å². The summed E-state index contributed by atoms with van der Waals surface area (Å²) in [6.07, 6.45) is 0.862. The topological polar surface area (TPSA) is 18.5 Å². The molecule has 0 N–H and O–H groups in total. The van der Waals surface area contributed by atoms with E-state index in [1.54, 1.807) is 7.11 Å². The minimum Gasteiger partial charge on any atom is -0.497 e. The first-order chi connectivity index (χ1) is 9.74. The Hall–Kier alpha value is -1.67. The van der Waals surface area contributed by atoms with E-state index in [1.807, 2.05) is 24.3 Å². The second kappa shape index (κ2) is 7.20. The summed E-state index contributed by atoms with van der Waals surface area (Å²) in [6.45, 7) is 2.74. The van der Waals surface area contributed by atoms with Gasteiger partial charge in [-0.2, -0.15) is 0 Å². The van der Waals surface area contributed by atoms with Crippen LogP contribution in [-0.2, 0) is 0 Å². The molecule has 106 valence electrons. The van der Waals surface area contributed by atoms with Gasteiger partial charge in [-0.05, 0) is 54.3 Å². The molecule has 0 aliphatic heterocycles. The van der Waals surface area contributed by atoms with Gasteiger partial charge >= 0.3 is 0 Å². The van der Waals surface area contributed by atoms with E-state index in [0.29, 0.717) is 12.5 Å². The molecule has 2 aromatic rings. The molecule has 2 nitrogen and oxygen atoms in total. The van der Waals surface area contributed by atoms with Crippen LogP contribution in [0.15, 0.2) is 42.5 Å². The van der Waals surface area contributed by atoms with Crippen molar-refractivity contribution in [2.45, 2.75) is 13.3 Å². The third-order valence-corrected chi connectivity index (χ3v) is 3.41. The van der Waals surface area contributed by atoms with Gasteiger partial charge in [0.05, 0.1) is 13.7 Å². The van der Waals surface area contributed by atoms with Gasteiger partial charge in [0.15, 0.2) is 0 Å². The van der Waals surface area contributed by atoms with Crippen LogP contribution in [0.2, 0.25) is 0 Å². The van der Waals surface area contributed by atoms with Gasteiger partial charge < -0.3 is 9.47 Å². The molecule has 0 spiro atoms. The Morgan fingerprint density at radius 2 is 1.70 bits per heavy atom. The van der Waals surface area contributed by atoms with Gasteiger partial charge in [0.2, 0.25) is 0 Å². The van der Waals surface area contributed by atoms with Crippen LogP contribution < -0.4 is 9.47 Å². The summed E-state index contributed by atoms with van der Waals surface area (Å²) in [5, 5.41) is 0. The Labute approximate surface area is 125 Å². The maximum absolute atomic E-state index is 5.62. The molecule has 0 aliphatic carbocycles. The summed E-state index contributed by atoms with van der Waals surface area (Å²) in [6, 6.07) is 14.2. The summed E-state index contributed by atoms with van der Waals surface area (Å²) in [4.78, 5) is 0. The number of ether oxygens (including phenoxy) is 2. The largest absolute Gasteiger partial charge is 0.497 e. The molecule has 0 aromatic heterocycles. The lowest BCUT2D eigenvalue weighted by molar-refractivity contribution is 0.318. The molecule has 3 heteroatoms. The van der Waals surface area contributed by atoms with Crippen molar-refractivity contribution < 1.29 is 9.47 Å². The first kappa shape index (κ1) is 14.7. The van der Waals surface area contributed by atoms with Crippen LogP contribution in [0.25, 0.3) is 11.1 Å². The van der Waals surface area contributed by atoms with E-state index in [2.05, 4.69) is 25.1 Å². The quantitative estimate of drug-likeness (QED) is 0.568. The fourth-order valence-electron chi connectivity index (χ4n) is 2.06. The summed E-state index contributed by atoms with van der Waals surface area (Å²) in [5.41, 5.74) is 3.58. The van der Waals surface area contributed by atoms with Gasteiger partial charge in [0.25, 0.3) is 0 Å². The highest BCUT2D eigenvalue weighted by Gasteiger charge is 2.04. The normalized spacial score (nSPS) is 10.3. The number of hydrogen-bond donors (Lipinski definition) is 0. The lowest BCUT2D eigenvalue weighted by Gasteiger charge is -2.10. The van der Waals surface area contributed by atoms with Gasteiger partial charge in [-0.3, -0.25) is 0 Å². The van der Waals surface area contributed by atoms with Crippen LogP contribution in [0.3, 0.4) is 0 Å². The monoisotopic (exact) mass is 290 g/mol. The van der Waals surface area contributed by atoms with Gasteiger partial charge in [-0.25, -0.2) is 0 Å². The predicted molar refractivity (Wildman–Crippen MR) is 84.0 cm³/mol. The number of rotatable bonds is 6. The number of benzene rings is 2. The molecular formula is C17H19ClO2. The van der Waals surface area contributed by atoms with Crippen LogP contribution in [0.4, 0.5) is 0 Å². The fourth-order valence-corrected chi connectivity index (χ4v) is 2.17. The molecule has 0 saturated carbocycles. The van der Waals surface area contributed by atoms with Crippen molar-refractivity contribution in [2.24, 2.45) is 0 Å². The second-order valence-electron chi connectivity index (χ2n) is 4.60. The zero-order valence-electron chi connectivity index (χ0n) is 11.9. The summed E-state index contributed by atoms with van der Waals surface area (Å²) >= 11 is 5.62. The average Bonchev–Trinajstić information content (AvgIpc) is 2.48. The number of hydrogen-bond acceptors (Lipinski definition) is 2. The van der Waals surface area contributed by atoms with Crippen molar-refractivity contribution in [3.05, 3.63) is 48.0 Å². The van der Waals surface area contributed by atoms with Crippen LogP contribution in [-0.4, -0.2) is 19.6 Å². The minimum absolute atomic E-state index is 0.628. The lowest BCUT2D eigenvalue weighted by Crippen LogP contribution is -1.97. The van der Waals surface area contributed by atoms with Crippen molar-refractivity contribution in [3.63, 3.8) is 0 Å². The molecule has 0 heterocycles. The Bertz CT molecular complexity index is 549. The Kier molecular flexibility index (Phi) is 5.31. The van der Waals surface area contributed by atoms with Crippen LogP contribution in [0, 0.1) is 6.92 Å².